The second-order valence-corrected chi connectivity index (χ2v) is 8.86. The molecule has 4 rings (SSSR count). The molecule has 1 aliphatic rings. The molecule has 2 atom stereocenters. The van der Waals surface area contributed by atoms with Crippen LogP contribution in [0.2, 0.25) is 0 Å². The van der Waals surface area contributed by atoms with E-state index in [1.807, 2.05) is 24.3 Å². The predicted octanol–water partition coefficient (Wildman–Crippen LogP) is 4.78. The fourth-order valence-electron chi connectivity index (χ4n) is 4.27. The number of halogens is 1. The van der Waals surface area contributed by atoms with Crippen molar-refractivity contribution in [1.82, 2.24) is 5.32 Å². The van der Waals surface area contributed by atoms with Crippen LogP contribution in [0.1, 0.15) is 35.1 Å². The molecule has 0 aromatic heterocycles. The summed E-state index contributed by atoms with van der Waals surface area (Å²) in [5, 5.41) is 23.5. The Morgan fingerprint density at radius 3 is 2.30 bits per heavy atom. The lowest BCUT2D eigenvalue weighted by Gasteiger charge is -2.20. The van der Waals surface area contributed by atoms with Gasteiger partial charge in [0.1, 0.15) is 18.5 Å². The number of amides is 1. The van der Waals surface area contributed by atoms with Crippen LogP contribution in [0, 0.1) is 0 Å². The summed E-state index contributed by atoms with van der Waals surface area (Å²) in [5.74, 6) is 0.459. The Labute approximate surface area is 201 Å². The molecule has 0 saturated carbocycles. The molecule has 3 N–H and O–H groups in total. The molecule has 0 radical (unpaired) electrons. The van der Waals surface area contributed by atoms with Gasteiger partial charge in [0.25, 0.3) is 0 Å². The van der Waals surface area contributed by atoms with Gasteiger partial charge < -0.3 is 25.0 Å². The molecule has 0 fully saturated rings. The zero-order valence-corrected chi connectivity index (χ0v) is 19.8. The first kappa shape index (κ1) is 23.3. The summed E-state index contributed by atoms with van der Waals surface area (Å²) in [6.07, 6.45) is -2.61. The number of rotatable bonds is 8. The third-order valence-electron chi connectivity index (χ3n) is 5.93. The van der Waals surface area contributed by atoms with Gasteiger partial charge in [0.15, 0.2) is 0 Å². The monoisotopic (exact) mass is 511 g/mol. The van der Waals surface area contributed by atoms with Crippen molar-refractivity contribution in [2.24, 2.45) is 0 Å². The number of carbonyl (C=O) groups excluding carboxylic acids is 1. The lowest BCUT2D eigenvalue weighted by atomic mass is 9.98. The van der Waals surface area contributed by atoms with Crippen molar-refractivity contribution < 1.29 is 24.5 Å². The number of methoxy groups -OCH3 is 1. The van der Waals surface area contributed by atoms with Crippen molar-refractivity contribution in [3.63, 3.8) is 0 Å². The van der Waals surface area contributed by atoms with Gasteiger partial charge in [-0.1, -0.05) is 70.5 Å². The second-order valence-electron chi connectivity index (χ2n) is 7.94. The van der Waals surface area contributed by atoms with Crippen LogP contribution < -0.4 is 10.1 Å². The van der Waals surface area contributed by atoms with E-state index < -0.39 is 18.3 Å². The molecule has 3 aromatic rings. The number of hydrogen-bond acceptors (Lipinski definition) is 5. The summed E-state index contributed by atoms with van der Waals surface area (Å²) in [5.41, 5.74) is 5.11. The highest BCUT2D eigenvalue weighted by Crippen LogP contribution is 2.44. The Morgan fingerprint density at radius 2 is 1.67 bits per heavy atom. The number of ether oxygens (including phenoxy) is 2. The van der Waals surface area contributed by atoms with E-state index in [1.165, 1.54) is 18.2 Å². The minimum Gasteiger partial charge on any atom is -0.496 e. The minimum atomic E-state index is -1.14. The molecule has 7 heteroatoms. The summed E-state index contributed by atoms with van der Waals surface area (Å²) < 4.78 is 11.6. The standard InChI is InChI=1S/C26H26BrNO5/c1-32-24-14-16(27)10-11-21(24)25(30)23(29)12-13-28-26(31)33-15-22-19-8-4-2-6-17(19)18-7-3-5-9-20(18)22/h2-11,14,22-23,25,29-30H,12-13,15H2,1H3,(H,28,31). The van der Waals surface area contributed by atoms with Crippen molar-refractivity contribution >= 4 is 22.0 Å². The van der Waals surface area contributed by atoms with Gasteiger partial charge in [-0.25, -0.2) is 4.79 Å². The Bertz CT molecular complexity index is 1090. The van der Waals surface area contributed by atoms with E-state index in [-0.39, 0.29) is 25.5 Å². The second kappa shape index (κ2) is 10.4. The highest BCUT2D eigenvalue weighted by molar-refractivity contribution is 9.10. The molecule has 0 heterocycles. The third kappa shape index (κ3) is 5.05. The molecule has 0 aliphatic heterocycles. The van der Waals surface area contributed by atoms with Gasteiger partial charge in [0.05, 0.1) is 13.2 Å². The van der Waals surface area contributed by atoms with E-state index in [2.05, 4.69) is 45.5 Å². The minimum absolute atomic E-state index is 0.0135. The molecule has 172 valence electrons. The summed E-state index contributed by atoms with van der Waals surface area (Å²) >= 11 is 3.35. The highest BCUT2D eigenvalue weighted by Gasteiger charge is 2.29. The van der Waals surface area contributed by atoms with Crippen LogP contribution in [0.4, 0.5) is 4.79 Å². The molecule has 3 aromatic carbocycles. The van der Waals surface area contributed by atoms with Crippen LogP contribution in [0.25, 0.3) is 11.1 Å². The maximum atomic E-state index is 12.3. The Balaban J connectivity index is 1.29. The lowest BCUT2D eigenvalue weighted by Crippen LogP contribution is -2.30. The number of aliphatic hydroxyl groups is 2. The quantitative estimate of drug-likeness (QED) is 0.405. The first-order valence-corrected chi connectivity index (χ1v) is 11.6. The number of benzene rings is 3. The molecule has 1 aliphatic carbocycles. The molecule has 1 amide bonds. The first-order valence-electron chi connectivity index (χ1n) is 10.8. The first-order chi connectivity index (χ1) is 16.0. The predicted molar refractivity (Wildman–Crippen MR) is 129 cm³/mol. The Morgan fingerprint density at radius 1 is 1.03 bits per heavy atom. The van der Waals surface area contributed by atoms with Gasteiger partial charge in [-0.3, -0.25) is 0 Å². The van der Waals surface area contributed by atoms with Crippen LogP contribution in [-0.2, 0) is 4.74 Å². The van der Waals surface area contributed by atoms with E-state index in [0.29, 0.717) is 11.3 Å². The van der Waals surface area contributed by atoms with Crippen molar-refractivity contribution in [2.75, 3.05) is 20.3 Å². The van der Waals surface area contributed by atoms with E-state index in [4.69, 9.17) is 9.47 Å². The highest BCUT2D eigenvalue weighted by atomic mass is 79.9. The van der Waals surface area contributed by atoms with Crippen LogP contribution in [0.15, 0.2) is 71.2 Å². The lowest BCUT2D eigenvalue weighted by molar-refractivity contribution is 0.0123. The number of aliphatic hydroxyl groups excluding tert-OH is 2. The summed E-state index contributed by atoms with van der Waals surface area (Å²) in [6, 6.07) is 21.5. The number of hydrogen-bond donors (Lipinski definition) is 3. The van der Waals surface area contributed by atoms with Crippen LogP contribution in [0.3, 0.4) is 0 Å². The van der Waals surface area contributed by atoms with Gasteiger partial charge in [-0.15, -0.1) is 0 Å². The molecule has 6 nitrogen and oxygen atoms in total. The van der Waals surface area contributed by atoms with E-state index >= 15 is 0 Å². The maximum Gasteiger partial charge on any atom is 0.407 e. The maximum absolute atomic E-state index is 12.3. The summed E-state index contributed by atoms with van der Waals surface area (Å²) in [6.45, 7) is 0.384. The largest absolute Gasteiger partial charge is 0.496 e. The van der Waals surface area contributed by atoms with Crippen molar-refractivity contribution in [2.45, 2.75) is 24.5 Å². The molecule has 33 heavy (non-hydrogen) atoms. The SMILES string of the molecule is COc1cc(Br)ccc1C(O)C(O)CCNC(=O)OCC1c2ccccc2-c2ccccc21. The van der Waals surface area contributed by atoms with Crippen LogP contribution >= 0.6 is 15.9 Å². The topological polar surface area (TPSA) is 88.0 Å². The number of fused-ring (bicyclic) bond motifs is 3. The fourth-order valence-corrected chi connectivity index (χ4v) is 4.61. The van der Waals surface area contributed by atoms with E-state index in [9.17, 15) is 15.0 Å². The van der Waals surface area contributed by atoms with Gasteiger partial charge >= 0.3 is 6.09 Å². The van der Waals surface area contributed by atoms with Crippen molar-refractivity contribution in [3.05, 3.63) is 87.9 Å². The smallest absolute Gasteiger partial charge is 0.407 e. The van der Waals surface area contributed by atoms with Gasteiger partial charge in [-0.2, -0.15) is 0 Å². The summed E-state index contributed by atoms with van der Waals surface area (Å²) in [4.78, 5) is 12.3. The summed E-state index contributed by atoms with van der Waals surface area (Å²) in [7, 11) is 1.50. The van der Waals surface area contributed by atoms with E-state index in [0.717, 1.165) is 15.6 Å². The number of nitrogens with one attached hydrogen (secondary N) is 1. The van der Waals surface area contributed by atoms with Crippen LogP contribution in [0.5, 0.6) is 5.75 Å². The molecule has 0 bridgehead atoms. The Hall–Kier alpha value is -2.87. The average Bonchev–Trinajstić information content (AvgIpc) is 3.16. The van der Waals surface area contributed by atoms with Crippen molar-refractivity contribution in [3.8, 4) is 16.9 Å². The average molecular weight is 512 g/mol. The van der Waals surface area contributed by atoms with Crippen molar-refractivity contribution in [1.29, 1.82) is 0 Å². The molecular formula is C26H26BrNO5. The van der Waals surface area contributed by atoms with Gasteiger partial charge in [0.2, 0.25) is 0 Å². The Kier molecular flexibility index (Phi) is 7.33. The molecule has 0 spiro atoms. The molecular weight excluding hydrogens is 486 g/mol. The fraction of sp³-hybridized carbons (Fsp3) is 0.269. The number of carbonyl (C=O) groups is 1. The van der Waals surface area contributed by atoms with E-state index in [1.54, 1.807) is 18.2 Å². The zero-order chi connectivity index (χ0) is 23.4. The van der Waals surface area contributed by atoms with Gasteiger partial charge in [0, 0.05) is 22.5 Å². The number of alkyl carbamates (subject to hydrolysis) is 1. The van der Waals surface area contributed by atoms with Gasteiger partial charge in [-0.05, 0) is 40.8 Å². The van der Waals surface area contributed by atoms with Crippen LogP contribution in [-0.4, -0.2) is 42.7 Å². The third-order valence-corrected chi connectivity index (χ3v) is 6.43. The molecule has 2 unspecified atom stereocenters. The zero-order valence-electron chi connectivity index (χ0n) is 18.2. The molecule has 0 saturated heterocycles. The normalized spacial score (nSPS) is 14.2.